The zero-order valence-electron chi connectivity index (χ0n) is 16.8. The van der Waals surface area contributed by atoms with E-state index in [2.05, 4.69) is 0 Å². The maximum atomic E-state index is 12.2. The van der Waals surface area contributed by atoms with Gasteiger partial charge in [-0.15, -0.1) is 0 Å². The Kier molecular flexibility index (Phi) is 7.96. The molecule has 14 nitrogen and oxygen atoms in total. The van der Waals surface area contributed by atoms with Gasteiger partial charge in [0.1, 0.15) is 25.1 Å². The first-order valence-electron chi connectivity index (χ1n) is 9.66. The van der Waals surface area contributed by atoms with E-state index in [1.54, 1.807) is 9.80 Å². The zero-order chi connectivity index (χ0) is 22.0. The Morgan fingerprint density at radius 3 is 0.903 bits per heavy atom. The van der Waals surface area contributed by atoms with E-state index in [0.29, 0.717) is 25.9 Å². The molecule has 0 aromatic rings. The van der Waals surface area contributed by atoms with Gasteiger partial charge in [0.15, 0.2) is 27.2 Å². The molecule has 0 atom stereocenters. The third-order valence-electron chi connectivity index (χ3n) is 4.94. The third kappa shape index (κ3) is 6.78. The van der Waals surface area contributed by atoms with Crippen molar-refractivity contribution in [3.63, 3.8) is 0 Å². The molecule has 4 aliphatic heterocycles. The molecule has 0 aromatic carbocycles. The van der Waals surface area contributed by atoms with Crippen molar-refractivity contribution in [3.05, 3.63) is 0 Å². The van der Waals surface area contributed by atoms with Crippen LogP contribution in [-0.4, -0.2) is 75.2 Å². The largest absolute Gasteiger partial charge is 0.348 e. The van der Waals surface area contributed by atoms with E-state index in [4.69, 9.17) is 36.2 Å². The summed E-state index contributed by atoms with van der Waals surface area (Å²) in [5, 5.41) is 0. The normalized spacial score (nSPS) is 27.2. The van der Waals surface area contributed by atoms with Crippen LogP contribution in [0.25, 0.3) is 0 Å². The molecule has 0 radical (unpaired) electrons. The van der Waals surface area contributed by atoms with Gasteiger partial charge in [0.2, 0.25) is 0 Å². The molecule has 0 unspecified atom stereocenters. The van der Waals surface area contributed by atoms with Gasteiger partial charge in [0.05, 0.1) is 0 Å². The fraction of sp³-hybridized carbons (Fsp3) is 1.00. The lowest BCUT2D eigenvalue weighted by Crippen LogP contribution is -2.34. The molecule has 4 aliphatic rings. The fourth-order valence-corrected chi connectivity index (χ4v) is 8.46. The van der Waals surface area contributed by atoms with E-state index in [1.165, 1.54) is 0 Å². The molecule has 4 rings (SSSR count). The van der Waals surface area contributed by atoms with Gasteiger partial charge in [-0.25, -0.2) is 0 Å². The van der Waals surface area contributed by atoms with Crippen LogP contribution in [-0.2, 0) is 54.5 Å². The van der Waals surface area contributed by atoms with Crippen molar-refractivity contribution in [1.29, 1.82) is 0 Å². The van der Waals surface area contributed by atoms with Crippen molar-refractivity contribution < 1.29 is 54.5 Å². The molecule has 4 heterocycles. The Balaban J connectivity index is 1.21. The molecule has 0 bridgehead atoms. The molecular weight excluding hydrogens is 500 g/mol. The van der Waals surface area contributed by atoms with Crippen LogP contribution in [0.1, 0.15) is 19.3 Å². The highest BCUT2D eigenvalue weighted by Gasteiger charge is 2.42. The van der Waals surface area contributed by atoms with Crippen molar-refractivity contribution in [2.24, 2.45) is 0 Å². The van der Waals surface area contributed by atoms with Crippen molar-refractivity contribution in [3.8, 4) is 0 Å². The smallest absolute Gasteiger partial charge is 0.281 e. The van der Waals surface area contributed by atoms with Gasteiger partial charge < -0.3 is 0 Å². The second kappa shape index (κ2) is 10.0. The summed E-state index contributed by atoms with van der Waals surface area (Å²) in [6.45, 7) is 0.895. The minimum absolute atomic E-state index is 0.00551. The first kappa shape index (κ1) is 24.6. The van der Waals surface area contributed by atoms with Crippen molar-refractivity contribution in [1.82, 2.24) is 9.80 Å². The minimum Gasteiger partial charge on any atom is -0.281 e. The highest BCUT2D eigenvalue weighted by molar-refractivity contribution is 7.56. The van der Waals surface area contributed by atoms with E-state index >= 15 is 0 Å². The molecule has 0 saturated carbocycles. The average molecular weight is 526 g/mol. The van der Waals surface area contributed by atoms with Crippen molar-refractivity contribution in [2.45, 2.75) is 19.3 Å². The van der Waals surface area contributed by atoms with Crippen LogP contribution < -0.4 is 0 Å². The molecule has 18 heteroatoms. The molecule has 180 valence electrons. The van der Waals surface area contributed by atoms with Crippen LogP contribution in [0, 0.1) is 0 Å². The van der Waals surface area contributed by atoms with Gasteiger partial charge in [-0.1, -0.05) is 6.42 Å². The lowest BCUT2D eigenvalue weighted by molar-refractivity contribution is -0.00521. The number of hydrogen-bond donors (Lipinski definition) is 0. The Labute approximate surface area is 179 Å². The van der Waals surface area contributed by atoms with E-state index < -0.39 is 30.4 Å². The molecule has 0 N–H and O–H groups in total. The van der Waals surface area contributed by atoms with Gasteiger partial charge >= 0.3 is 30.4 Å². The fourth-order valence-electron chi connectivity index (χ4n) is 3.21. The maximum absolute atomic E-state index is 12.2. The van der Waals surface area contributed by atoms with Crippen LogP contribution in [0.2, 0.25) is 0 Å². The number of rotatable bonds is 14. The Bertz CT molecular complexity index is 683. The maximum Gasteiger partial charge on any atom is 0.348 e. The molecular formula is C13H26N2O12P4. The summed E-state index contributed by atoms with van der Waals surface area (Å²) in [4.78, 5) is 3.39. The molecule has 0 aliphatic carbocycles. The topological polar surface area (TPSA) is 149 Å². The van der Waals surface area contributed by atoms with E-state index in [9.17, 15) is 18.3 Å². The van der Waals surface area contributed by atoms with Gasteiger partial charge in [0.25, 0.3) is 0 Å². The standard InChI is InChI=1S/C13H26N2O12P4/c16-28(20-10-21-28)6-14(7-29(17)22-11-23-29)4-2-1-3-5-15(8-30(18)24-12-25-30)9-31(19)26-13-27-31/h1-13H2. The van der Waals surface area contributed by atoms with E-state index in [-0.39, 0.29) is 52.3 Å². The second-order valence-electron chi connectivity index (χ2n) is 7.36. The highest BCUT2D eigenvalue weighted by Crippen LogP contribution is 2.61. The summed E-state index contributed by atoms with van der Waals surface area (Å²) in [5.74, 6) is 0. The first-order chi connectivity index (χ1) is 14.7. The van der Waals surface area contributed by atoms with Crippen LogP contribution in [0.3, 0.4) is 0 Å². The number of unbranched alkanes of at least 4 members (excludes halogenated alkanes) is 2. The molecule has 31 heavy (non-hydrogen) atoms. The summed E-state index contributed by atoms with van der Waals surface area (Å²) in [6, 6.07) is 0. The lowest BCUT2D eigenvalue weighted by Gasteiger charge is -2.35. The third-order valence-corrected chi connectivity index (χ3v) is 11.9. The summed E-state index contributed by atoms with van der Waals surface area (Å²) in [6.07, 6.45) is 2.13. The van der Waals surface area contributed by atoms with Gasteiger partial charge in [-0.2, -0.15) is 0 Å². The SMILES string of the molecule is O=P1(CN(CCCCCN(CP2(=O)OCO2)CP2(=O)OCO2)CP2(=O)OCO2)OCO1. The van der Waals surface area contributed by atoms with Gasteiger partial charge in [-0.3, -0.25) is 64.2 Å². The number of nitrogens with zero attached hydrogens (tertiary/aromatic N) is 2. The summed E-state index contributed by atoms with van der Waals surface area (Å²) >= 11 is 0. The second-order valence-corrected chi connectivity index (χ2v) is 15.4. The molecule has 4 fully saturated rings. The van der Waals surface area contributed by atoms with E-state index in [1.807, 2.05) is 0 Å². The minimum atomic E-state index is -3.17. The zero-order valence-corrected chi connectivity index (χ0v) is 20.4. The molecule has 0 amide bonds. The average Bonchev–Trinajstić information content (AvgIpc) is 2.62. The molecule has 0 spiro atoms. The summed E-state index contributed by atoms with van der Waals surface area (Å²) < 4.78 is 89.0. The van der Waals surface area contributed by atoms with Crippen LogP contribution in [0.5, 0.6) is 0 Å². The Morgan fingerprint density at radius 2 is 0.710 bits per heavy atom. The summed E-state index contributed by atoms with van der Waals surface area (Å²) in [5.41, 5.74) is 0. The number of hydrogen-bond acceptors (Lipinski definition) is 14. The molecule has 4 saturated heterocycles. The van der Waals surface area contributed by atoms with Gasteiger partial charge in [0, 0.05) is 0 Å². The Morgan fingerprint density at radius 1 is 0.452 bits per heavy atom. The highest BCUT2D eigenvalue weighted by atomic mass is 31.2. The summed E-state index contributed by atoms with van der Waals surface area (Å²) in [7, 11) is -12.7. The predicted molar refractivity (Wildman–Crippen MR) is 105 cm³/mol. The predicted octanol–water partition coefficient (Wildman–Crippen LogP) is 3.38. The monoisotopic (exact) mass is 526 g/mol. The van der Waals surface area contributed by atoms with E-state index in [0.717, 1.165) is 6.42 Å². The van der Waals surface area contributed by atoms with Crippen LogP contribution >= 0.6 is 30.4 Å². The van der Waals surface area contributed by atoms with Crippen molar-refractivity contribution >= 4 is 30.4 Å². The van der Waals surface area contributed by atoms with Crippen LogP contribution in [0.4, 0.5) is 0 Å². The molecule has 0 aromatic heterocycles. The van der Waals surface area contributed by atoms with Crippen molar-refractivity contribution in [2.75, 3.05) is 65.4 Å². The quantitative estimate of drug-likeness (QED) is 0.240. The first-order valence-corrected chi connectivity index (χ1v) is 16.6. The lowest BCUT2D eigenvalue weighted by atomic mass is 10.2. The Hall–Kier alpha value is 0.520. The van der Waals surface area contributed by atoms with Crippen LogP contribution in [0.15, 0.2) is 0 Å². The van der Waals surface area contributed by atoms with Gasteiger partial charge in [-0.05, 0) is 25.9 Å².